The second-order valence-corrected chi connectivity index (χ2v) is 4.01. The van der Waals surface area contributed by atoms with Crippen LogP contribution in [0.4, 0.5) is 0 Å². The number of fused-ring (bicyclic) bond motifs is 1. The van der Waals surface area contributed by atoms with Crippen LogP contribution in [0.15, 0.2) is 30.5 Å². The largest absolute Gasteiger partial charge is 0.314 e. The highest BCUT2D eigenvalue weighted by atomic mass is 15.2. The minimum atomic E-state index is 1.09. The van der Waals surface area contributed by atoms with Crippen molar-refractivity contribution in [2.24, 2.45) is 0 Å². The number of aromatic nitrogens is 2. The quantitative estimate of drug-likeness (QED) is 0.750. The summed E-state index contributed by atoms with van der Waals surface area (Å²) in [4.78, 5) is 2.33. The number of H-pyrrole nitrogens is 1. The zero-order chi connectivity index (χ0) is 13.2. The van der Waals surface area contributed by atoms with Crippen LogP contribution in [0.25, 0.3) is 10.9 Å². The Balaban J connectivity index is 0.000000163. The number of hydrogen-bond acceptors (Lipinski definition) is 3. The highest BCUT2D eigenvalue weighted by molar-refractivity contribution is 5.77. The third kappa shape index (κ3) is 4.85. The first-order chi connectivity index (χ1) is 8.86. The van der Waals surface area contributed by atoms with E-state index < -0.39 is 0 Å². The van der Waals surface area contributed by atoms with Crippen LogP contribution in [-0.4, -0.2) is 48.3 Å². The minimum absolute atomic E-state index is 1.09. The molecular formula is C14H24N4. The van der Waals surface area contributed by atoms with Crippen LogP contribution in [0.5, 0.6) is 0 Å². The summed E-state index contributed by atoms with van der Waals surface area (Å²) >= 11 is 0. The van der Waals surface area contributed by atoms with E-state index in [0.29, 0.717) is 0 Å². The van der Waals surface area contributed by atoms with Crippen LogP contribution in [0.1, 0.15) is 13.8 Å². The van der Waals surface area contributed by atoms with Gasteiger partial charge in [0.1, 0.15) is 0 Å². The molecule has 0 aliphatic carbocycles. The van der Waals surface area contributed by atoms with Crippen LogP contribution in [0, 0.1) is 0 Å². The molecule has 3 rings (SSSR count). The lowest BCUT2D eigenvalue weighted by molar-refractivity contribution is 0.291. The van der Waals surface area contributed by atoms with Gasteiger partial charge in [0.15, 0.2) is 0 Å². The van der Waals surface area contributed by atoms with E-state index in [0.717, 1.165) is 24.0 Å². The van der Waals surface area contributed by atoms with Gasteiger partial charge in [-0.1, -0.05) is 32.0 Å². The Morgan fingerprint density at radius 2 is 1.78 bits per heavy atom. The Kier molecular flexibility index (Phi) is 7.06. The lowest BCUT2D eigenvalue weighted by atomic mass is 10.3. The van der Waals surface area contributed by atoms with E-state index in [9.17, 15) is 0 Å². The van der Waals surface area contributed by atoms with E-state index >= 15 is 0 Å². The van der Waals surface area contributed by atoms with Crippen LogP contribution in [-0.2, 0) is 0 Å². The van der Waals surface area contributed by atoms with Crippen molar-refractivity contribution in [3.8, 4) is 0 Å². The average Bonchev–Trinajstić information content (AvgIpc) is 2.91. The Bertz CT molecular complexity index is 388. The smallest absolute Gasteiger partial charge is 0.0650 e. The number of benzene rings is 1. The second kappa shape index (κ2) is 8.66. The molecular weight excluding hydrogens is 224 g/mol. The first kappa shape index (κ1) is 14.7. The topological polar surface area (TPSA) is 44.0 Å². The maximum Gasteiger partial charge on any atom is 0.0650 e. The van der Waals surface area contributed by atoms with E-state index in [2.05, 4.69) is 27.5 Å². The highest BCUT2D eigenvalue weighted by Crippen LogP contribution is 2.06. The van der Waals surface area contributed by atoms with Crippen LogP contribution in [0.3, 0.4) is 0 Å². The van der Waals surface area contributed by atoms with E-state index in [-0.39, 0.29) is 0 Å². The first-order valence-corrected chi connectivity index (χ1v) is 6.63. The van der Waals surface area contributed by atoms with Gasteiger partial charge in [0.25, 0.3) is 0 Å². The molecule has 1 aliphatic rings. The van der Waals surface area contributed by atoms with Gasteiger partial charge in [-0.15, -0.1) is 0 Å². The molecule has 0 unspecified atom stereocenters. The Morgan fingerprint density at radius 1 is 1.11 bits per heavy atom. The number of likely N-dealkylation sites (N-methyl/N-ethyl adjacent to an activating group) is 1. The zero-order valence-electron chi connectivity index (χ0n) is 11.6. The summed E-state index contributed by atoms with van der Waals surface area (Å²) in [5, 5.41) is 11.2. The van der Waals surface area contributed by atoms with Gasteiger partial charge in [-0.25, -0.2) is 0 Å². The summed E-state index contributed by atoms with van der Waals surface area (Å²) < 4.78 is 0. The molecule has 2 heterocycles. The summed E-state index contributed by atoms with van der Waals surface area (Å²) in [6, 6.07) is 8.01. The van der Waals surface area contributed by atoms with Gasteiger partial charge in [-0.05, 0) is 13.1 Å². The predicted molar refractivity (Wildman–Crippen MR) is 77.8 cm³/mol. The first-order valence-electron chi connectivity index (χ1n) is 6.63. The molecule has 100 valence electrons. The zero-order valence-corrected chi connectivity index (χ0v) is 11.6. The maximum atomic E-state index is 3.88. The lowest BCUT2D eigenvalue weighted by Crippen LogP contribution is -2.40. The highest BCUT2D eigenvalue weighted by Gasteiger charge is 2.01. The van der Waals surface area contributed by atoms with Crippen molar-refractivity contribution >= 4 is 10.9 Å². The molecule has 0 amide bonds. The van der Waals surface area contributed by atoms with E-state index in [1.807, 2.05) is 44.3 Å². The SMILES string of the molecule is CC.CN1CCNCC1.c1ccc2[nH]ncc2c1. The fraction of sp³-hybridized carbons (Fsp3) is 0.500. The molecule has 4 heteroatoms. The molecule has 0 atom stereocenters. The Labute approximate surface area is 109 Å². The van der Waals surface area contributed by atoms with Gasteiger partial charge in [-0.2, -0.15) is 5.10 Å². The van der Waals surface area contributed by atoms with Crippen molar-refractivity contribution in [2.75, 3.05) is 33.2 Å². The summed E-state index contributed by atoms with van der Waals surface area (Å²) in [6.07, 6.45) is 1.81. The number of aromatic amines is 1. The molecule has 0 spiro atoms. The van der Waals surface area contributed by atoms with Crippen molar-refractivity contribution in [1.29, 1.82) is 0 Å². The summed E-state index contributed by atoms with van der Waals surface area (Å²) in [6.45, 7) is 8.74. The van der Waals surface area contributed by atoms with Crippen molar-refractivity contribution < 1.29 is 0 Å². The molecule has 4 nitrogen and oxygen atoms in total. The third-order valence-electron chi connectivity index (χ3n) is 2.69. The summed E-state index contributed by atoms with van der Waals surface area (Å²) in [7, 11) is 2.15. The second-order valence-electron chi connectivity index (χ2n) is 4.01. The molecule has 0 radical (unpaired) electrons. The maximum absolute atomic E-state index is 3.88. The van der Waals surface area contributed by atoms with Crippen LogP contribution < -0.4 is 5.32 Å². The normalized spacial score (nSPS) is 15.3. The van der Waals surface area contributed by atoms with Crippen molar-refractivity contribution in [3.05, 3.63) is 30.5 Å². The molecule has 0 bridgehead atoms. The summed E-state index contributed by atoms with van der Waals surface area (Å²) in [5.74, 6) is 0. The Hall–Kier alpha value is -1.39. The molecule has 1 aromatic heterocycles. The van der Waals surface area contributed by atoms with Crippen molar-refractivity contribution in [1.82, 2.24) is 20.4 Å². The molecule has 2 aromatic rings. The minimum Gasteiger partial charge on any atom is -0.314 e. The van der Waals surface area contributed by atoms with Crippen molar-refractivity contribution in [2.45, 2.75) is 13.8 Å². The monoisotopic (exact) mass is 248 g/mol. The van der Waals surface area contributed by atoms with E-state index in [1.54, 1.807) is 0 Å². The standard InChI is InChI=1S/C7H6N2.C5H12N2.C2H6/c1-2-4-7-6(3-1)5-8-9-7;1-7-4-2-6-3-5-7;1-2/h1-5H,(H,8,9);6H,2-5H2,1H3;1-2H3. The molecule has 0 saturated carbocycles. The van der Waals surface area contributed by atoms with Crippen LogP contribution in [0.2, 0.25) is 0 Å². The third-order valence-corrected chi connectivity index (χ3v) is 2.69. The number of nitrogens with zero attached hydrogens (tertiary/aromatic N) is 2. The van der Waals surface area contributed by atoms with Gasteiger partial charge in [0.05, 0.1) is 11.7 Å². The molecule has 1 fully saturated rings. The number of nitrogens with one attached hydrogen (secondary N) is 2. The van der Waals surface area contributed by atoms with Gasteiger partial charge < -0.3 is 10.2 Å². The molecule has 1 aliphatic heterocycles. The molecule has 2 N–H and O–H groups in total. The number of hydrogen-bond donors (Lipinski definition) is 2. The van der Waals surface area contributed by atoms with Gasteiger partial charge >= 0.3 is 0 Å². The number of piperazine rings is 1. The lowest BCUT2D eigenvalue weighted by Gasteiger charge is -2.21. The predicted octanol–water partition coefficient (Wildman–Crippen LogP) is 2.11. The van der Waals surface area contributed by atoms with Gasteiger partial charge in [0.2, 0.25) is 0 Å². The molecule has 18 heavy (non-hydrogen) atoms. The van der Waals surface area contributed by atoms with Gasteiger partial charge in [0, 0.05) is 31.6 Å². The Morgan fingerprint density at radius 3 is 2.33 bits per heavy atom. The fourth-order valence-electron chi connectivity index (χ4n) is 1.66. The number of para-hydroxylation sites is 1. The fourth-order valence-corrected chi connectivity index (χ4v) is 1.66. The van der Waals surface area contributed by atoms with Crippen molar-refractivity contribution in [3.63, 3.8) is 0 Å². The number of rotatable bonds is 0. The van der Waals surface area contributed by atoms with Crippen LogP contribution >= 0.6 is 0 Å². The molecule has 1 aromatic carbocycles. The molecule has 1 saturated heterocycles. The average molecular weight is 248 g/mol. The summed E-state index contributed by atoms with van der Waals surface area (Å²) in [5.41, 5.74) is 1.09. The van der Waals surface area contributed by atoms with E-state index in [4.69, 9.17) is 0 Å². The van der Waals surface area contributed by atoms with Gasteiger partial charge in [-0.3, -0.25) is 5.10 Å². The van der Waals surface area contributed by atoms with E-state index in [1.165, 1.54) is 13.1 Å².